The Morgan fingerprint density at radius 2 is 1.71 bits per heavy atom. The van der Waals surface area contributed by atoms with Crippen molar-refractivity contribution in [3.63, 3.8) is 0 Å². The summed E-state index contributed by atoms with van der Waals surface area (Å²) in [6.45, 7) is 3.70. The SMILES string of the molecule is O=C(NC1CCc2ccc(C(=O)N3CCC4(CC3)CCN(c3cccnc3)CC4)cc21)c1ccccc1Cl. The van der Waals surface area contributed by atoms with Gasteiger partial charge in [0.2, 0.25) is 0 Å². The van der Waals surface area contributed by atoms with Gasteiger partial charge in [0.1, 0.15) is 0 Å². The smallest absolute Gasteiger partial charge is 0.253 e. The van der Waals surface area contributed by atoms with Crippen LogP contribution in [-0.4, -0.2) is 47.9 Å². The molecule has 3 aliphatic rings. The zero-order chi connectivity index (χ0) is 26.1. The van der Waals surface area contributed by atoms with Crippen LogP contribution in [0.5, 0.6) is 0 Å². The molecule has 2 saturated heterocycles. The Balaban J connectivity index is 1.08. The third-order valence-electron chi connectivity index (χ3n) is 8.84. The van der Waals surface area contributed by atoms with Crippen LogP contribution >= 0.6 is 11.6 Å². The van der Waals surface area contributed by atoms with Crippen LogP contribution in [0.15, 0.2) is 67.0 Å². The van der Waals surface area contributed by atoms with E-state index >= 15 is 0 Å². The minimum atomic E-state index is -0.180. The fourth-order valence-corrected chi connectivity index (χ4v) is 6.63. The average molecular weight is 529 g/mol. The highest BCUT2D eigenvalue weighted by molar-refractivity contribution is 6.33. The van der Waals surface area contributed by atoms with E-state index in [0.717, 1.165) is 70.3 Å². The molecule has 2 aliphatic heterocycles. The van der Waals surface area contributed by atoms with Gasteiger partial charge in [-0.25, -0.2) is 0 Å². The summed E-state index contributed by atoms with van der Waals surface area (Å²) in [6.07, 6.45) is 9.92. The molecule has 2 fully saturated rings. The Hall–Kier alpha value is -3.38. The number of hydrogen-bond donors (Lipinski definition) is 1. The summed E-state index contributed by atoms with van der Waals surface area (Å²) in [5.41, 5.74) is 4.97. The van der Waals surface area contributed by atoms with Gasteiger partial charge in [0.15, 0.2) is 0 Å². The quantitative estimate of drug-likeness (QED) is 0.473. The van der Waals surface area contributed by atoms with Crippen LogP contribution in [0.25, 0.3) is 0 Å². The fraction of sp³-hybridized carbons (Fsp3) is 0.387. The first-order valence-electron chi connectivity index (χ1n) is 13.6. The van der Waals surface area contributed by atoms with Crippen LogP contribution in [0.4, 0.5) is 5.69 Å². The van der Waals surface area contributed by atoms with Crippen LogP contribution in [-0.2, 0) is 6.42 Å². The van der Waals surface area contributed by atoms with Crippen molar-refractivity contribution >= 4 is 29.1 Å². The molecule has 0 saturated carbocycles. The summed E-state index contributed by atoms with van der Waals surface area (Å²) >= 11 is 6.23. The lowest BCUT2D eigenvalue weighted by molar-refractivity contribution is 0.0515. The first-order valence-corrected chi connectivity index (χ1v) is 14.0. The van der Waals surface area contributed by atoms with Crippen molar-refractivity contribution in [1.82, 2.24) is 15.2 Å². The maximum Gasteiger partial charge on any atom is 0.253 e. The van der Waals surface area contributed by atoms with Gasteiger partial charge in [-0.05, 0) is 91.5 Å². The topological polar surface area (TPSA) is 65.5 Å². The number of hydrogen-bond acceptors (Lipinski definition) is 4. The summed E-state index contributed by atoms with van der Waals surface area (Å²) in [4.78, 5) is 35.1. The molecule has 7 heteroatoms. The number of aromatic nitrogens is 1. The highest BCUT2D eigenvalue weighted by atomic mass is 35.5. The molecule has 6 nitrogen and oxygen atoms in total. The summed E-state index contributed by atoms with van der Waals surface area (Å²) < 4.78 is 0. The van der Waals surface area contributed by atoms with E-state index in [1.54, 1.807) is 12.1 Å². The molecule has 3 heterocycles. The molecule has 1 aliphatic carbocycles. The van der Waals surface area contributed by atoms with Crippen molar-refractivity contribution in [3.8, 4) is 0 Å². The van der Waals surface area contributed by atoms with E-state index < -0.39 is 0 Å². The van der Waals surface area contributed by atoms with Crippen molar-refractivity contribution < 1.29 is 9.59 Å². The molecule has 2 aromatic carbocycles. The molecule has 1 atom stereocenters. The highest BCUT2D eigenvalue weighted by Crippen LogP contribution is 2.42. The Morgan fingerprint density at radius 1 is 0.947 bits per heavy atom. The molecule has 196 valence electrons. The van der Waals surface area contributed by atoms with Crippen LogP contribution in [0, 0.1) is 5.41 Å². The van der Waals surface area contributed by atoms with Gasteiger partial charge in [0.05, 0.1) is 28.5 Å². The first-order chi connectivity index (χ1) is 18.5. The van der Waals surface area contributed by atoms with Gasteiger partial charge in [-0.1, -0.05) is 29.8 Å². The van der Waals surface area contributed by atoms with Crippen LogP contribution in [0.2, 0.25) is 5.02 Å². The number of fused-ring (bicyclic) bond motifs is 1. The van der Waals surface area contributed by atoms with Crippen molar-refractivity contribution in [2.45, 2.75) is 44.6 Å². The highest BCUT2D eigenvalue weighted by Gasteiger charge is 2.39. The van der Waals surface area contributed by atoms with Crippen molar-refractivity contribution in [2.24, 2.45) is 5.41 Å². The minimum Gasteiger partial charge on any atom is -0.370 e. The number of piperidine rings is 2. The van der Waals surface area contributed by atoms with E-state index in [2.05, 4.69) is 27.3 Å². The van der Waals surface area contributed by atoms with E-state index in [1.165, 1.54) is 11.3 Å². The predicted molar refractivity (Wildman–Crippen MR) is 150 cm³/mol. The van der Waals surface area contributed by atoms with Gasteiger partial charge < -0.3 is 15.1 Å². The normalized spacial score (nSPS) is 20.3. The summed E-state index contributed by atoms with van der Waals surface area (Å²) in [5, 5.41) is 3.58. The molecule has 2 amide bonds. The van der Waals surface area contributed by atoms with Crippen LogP contribution in [0.1, 0.15) is 70.0 Å². The number of nitrogens with zero attached hydrogens (tertiary/aromatic N) is 3. The maximum atomic E-state index is 13.5. The number of aryl methyl sites for hydroxylation is 1. The number of pyridine rings is 1. The Kier molecular flexibility index (Phi) is 6.83. The van der Waals surface area contributed by atoms with Crippen molar-refractivity contribution in [1.29, 1.82) is 0 Å². The number of anilines is 1. The largest absolute Gasteiger partial charge is 0.370 e. The lowest BCUT2D eigenvalue weighted by Crippen LogP contribution is -2.48. The number of benzene rings is 2. The number of carbonyl (C=O) groups is 2. The molecule has 0 bridgehead atoms. The van der Waals surface area contributed by atoms with Gasteiger partial charge in [0.25, 0.3) is 11.8 Å². The van der Waals surface area contributed by atoms with E-state index in [-0.39, 0.29) is 17.9 Å². The number of nitrogens with one attached hydrogen (secondary N) is 1. The molecule has 3 aromatic rings. The molecule has 38 heavy (non-hydrogen) atoms. The zero-order valence-corrected chi connectivity index (χ0v) is 22.3. The van der Waals surface area contributed by atoms with Gasteiger partial charge >= 0.3 is 0 Å². The van der Waals surface area contributed by atoms with E-state index in [1.807, 2.05) is 47.6 Å². The molecule has 0 radical (unpaired) electrons. The third-order valence-corrected chi connectivity index (χ3v) is 9.17. The number of likely N-dealkylation sites (tertiary alicyclic amines) is 1. The Morgan fingerprint density at radius 3 is 2.45 bits per heavy atom. The molecular formula is C31H33ClN4O2. The lowest BCUT2D eigenvalue weighted by Gasteiger charge is -2.47. The Bertz CT molecular complexity index is 1330. The van der Waals surface area contributed by atoms with E-state index in [0.29, 0.717) is 21.6 Å². The van der Waals surface area contributed by atoms with E-state index in [4.69, 9.17) is 11.6 Å². The number of carbonyl (C=O) groups excluding carboxylic acids is 2. The standard InChI is InChI=1S/C31H33ClN4O2/c32-27-6-2-1-5-25(27)29(37)34-28-10-9-22-7-8-23(20-26(22)28)30(38)36-18-13-31(14-19-36)11-16-35(17-12-31)24-4-3-15-33-21-24/h1-8,15,20-21,28H,9-14,16-19H2,(H,34,37). The van der Waals surface area contributed by atoms with Gasteiger partial charge in [-0.3, -0.25) is 14.6 Å². The van der Waals surface area contributed by atoms with Crippen molar-refractivity contribution in [2.75, 3.05) is 31.1 Å². The fourth-order valence-electron chi connectivity index (χ4n) is 6.41. The van der Waals surface area contributed by atoms with Gasteiger partial charge in [-0.15, -0.1) is 0 Å². The lowest BCUT2D eigenvalue weighted by atomic mass is 9.71. The molecule has 6 rings (SSSR count). The third kappa shape index (κ3) is 4.90. The number of halogens is 1. The summed E-state index contributed by atoms with van der Waals surface area (Å²) in [5.74, 6) is -0.0837. The van der Waals surface area contributed by atoms with Gasteiger partial charge in [0, 0.05) is 37.9 Å². The van der Waals surface area contributed by atoms with Gasteiger partial charge in [-0.2, -0.15) is 0 Å². The molecule has 1 N–H and O–H groups in total. The van der Waals surface area contributed by atoms with E-state index in [9.17, 15) is 9.59 Å². The first kappa shape index (κ1) is 24.9. The monoisotopic (exact) mass is 528 g/mol. The van der Waals surface area contributed by atoms with Crippen LogP contribution < -0.4 is 10.2 Å². The predicted octanol–water partition coefficient (Wildman–Crippen LogP) is 5.68. The second-order valence-electron chi connectivity index (χ2n) is 10.9. The molecule has 1 spiro atoms. The number of amides is 2. The van der Waals surface area contributed by atoms with Crippen molar-refractivity contribution in [3.05, 3.63) is 94.3 Å². The second-order valence-corrected chi connectivity index (χ2v) is 11.4. The minimum absolute atomic E-state index is 0.0959. The second kappa shape index (κ2) is 10.4. The zero-order valence-electron chi connectivity index (χ0n) is 21.5. The summed E-state index contributed by atoms with van der Waals surface area (Å²) in [6, 6.07) is 17.1. The molecule has 1 unspecified atom stereocenters. The number of rotatable bonds is 4. The maximum absolute atomic E-state index is 13.5. The molecule has 1 aromatic heterocycles. The average Bonchev–Trinajstić information content (AvgIpc) is 3.36. The summed E-state index contributed by atoms with van der Waals surface area (Å²) in [7, 11) is 0. The molecular weight excluding hydrogens is 496 g/mol. The Labute approximate surface area is 229 Å². The van der Waals surface area contributed by atoms with Crippen LogP contribution in [0.3, 0.4) is 0 Å².